The molecule has 2 heterocycles. The maximum atomic E-state index is 13.4. The van der Waals surface area contributed by atoms with Crippen LogP contribution in [0.5, 0.6) is 0 Å². The highest BCUT2D eigenvalue weighted by Gasteiger charge is 2.67. The van der Waals surface area contributed by atoms with Gasteiger partial charge >= 0.3 is 5.97 Å². The lowest BCUT2D eigenvalue weighted by atomic mass is 9.80. The van der Waals surface area contributed by atoms with Crippen molar-refractivity contribution in [2.45, 2.75) is 25.4 Å². The number of nitrogens with zero attached hydrogens (tertiary/aromatic N) is 1. The van der Waals surface area contributed by atoms with Crippen LogP contribution in [-0.4, -0.2) is 30.4 Å². The largest absolute Gasteiger partial charge is 0.468 e. The molecule has 2 aromatic carbocycles. The van der Waals surface area contributed by atoms with Gasteiger partial charge in [0.25, 0.3) is 0 Å². The van der Waals surface area contributed by atoms with Gasteiger partial charge in [0.2, 0.25) is 11.8 Å². The summed E-state index contributed by atoms with van der Waals surface area (Å²) >= 11 is 0. The Bertz CT molecular complexity index is 989. The van der Waals surface area contributed by atoms with E-state index in [2.05, 4.69) is 5.32 Å². The molecule has 0 aliphatic carbocycles. The lowest BCUT2D eigenvalue weighted by Crippen LogP contribution is -2.54. The molecule has 0 unspecified atom stereocenters. The van der Waals surface area contributed by atoms with Crippen LogP contribution < -0.4 is 10.2 Å². The van der Waals surface area contributed by atoms with E-state index < -0.39 is 47.0 Å². The Morgan fingerprint density at radius 2 is 1.69 bits per heavy atom. The predicted octanol–water partition coefficient (Wildman–Crippen LogP) is 2.52. The Morgan fingerprint density at radius 1 is 1.07 bits per heavy atom. The normalized spacial score (nSPS) is 28.6. The third kappa shape index (κ3) is 2.84. The second-order valence-corrected chi connectivity index (χ2v) is 7.72. The topological polar surface area (TPSA) is 75.7 Å². The van der Waals surface area contributed by atoms with E-state index in [1.165, 1.54) is 31.4 Å². The monoisotopic (exact) mass is 396 g/mol. The molecule has 1 N–H and O–H groups in total. The number of hydrogen-bond acceptors (Lipinski definition) is 5. The molecule has 4 atom stereocenters. The summed E-state index contributed by atoms with van der Waals surface area (Å²) in [5.41, 5.74) is 0.781. The van der Waals surface area contributed by atoms with Gasteiger partial charge in [-0.1, -0.05) is 29.8 Å². The number of rotatable bonds is 3. The van der Waals surface area contributed by atoms with Crippen LogP contribution in [0.4, 0.5) is 10.1 Å². The second kappa shape index (κ2) is 6.77. The molecule has 150 valence electrons. The van der Waals surface area contributed by atoms with Gasteiger partial charge in [-0.2, -0.15) is 0 Å². The van der Waals surface area contributed by atoms with Crippen LogP contribution in [0.3, 0.4) is 0 Å². The van der Waals surface area contributed by atoms with Crippen molar-refractivity contribution in [3.05, 3.63) is 65.5 Å². The number of esters is 1. The molecule has 2 aliphatic heterocycles. The molecule has 2 amide bonds. The zero-order valence-corrected chi connectivity index (χ0v) is 16.3. The molecule has 0 bridgehead atoms. The molecular formula is C22H21FN2O4. The predicted molar refractivity (Wildman–Crippen MR) is 103 cm³/mol. The summed E-state index contributed by atoms with van der Waals surface area (Å²) < 4.78 is 18.3. The SMILES string of the molecule is COC(=O)[C@@]1(C)N[C@H](c2ccc(C)cc2)[C@@H]2C(=O)N(c3ccc(F)cc3)C(=O)[C@H]21. The molecule has 29 heavy (non-hydrogen) atoms. The van der Waals surface area contributed by atoms with Crippen molar-refractivity contribution >= 4 is 23.5 Å². The van der Waals surface area contributed by atoms with E-state index >= 15 is 0 Å². The first kappa shape index (κ1) is 19.3. The van der Waals surface area contributed by atoms with Crippen LogP contribution >= 0.6 is 0 Å². The molecule has 0 aromatic heterocycles. The number of carbonyl (C=O) groups excluding carboxylic acids is 3. The average Bonchev–Trinajstić information content (AvgIpc) is 3.17. The summed E-state index contributed by atoms with van der Waals surface area (Å²) in [6, 6.07) is 12.2. The van der Waals surface area contributed by atoms with Crippen LogP contribution in [0.15, 0.2) is 48.5 Å². The highest BCUT2D eigenvalue weighted by Crippen LogP contribution is 2.49. The average molecular weight is 396 g/mol. The van der Waals surface area contributed by atoms with Gasteiger partial charge in [-0.05, 0) is 43.7 Å². The number of hydrogen-bond donors (Lipinski definition) is 1. The molecule has 2 aromatic rings. The van der Waals surface area contributed by atoms with Crippen molar-refractivity contribution in [1.29, 1.82) is 0 Å². The van der Waals surface area contributed by atoms with Crippen LogP contribution in [0.2, 0.25) is 0 Å². The number of ether oxygens (including phenoxy) is 1. The second-order valence-electron chi connectivity index (χ2n) is 7.72. The van der Waals surface area contributed by atoms with Gasteiger partial charge in [-0.15, -0.1) is 0 Å². The van der Waals surface area contributed by atoms with E-state index in [0.29, 0.717) is 0 Å². The summed E-state index contributed by atoms with van der Waals surface area (Å²) in [6.45, 7) is 3.54. The lowest BCUT2D eigenvalue weighted by molar-refractivity contribution is -0.151. The summed E-state index contributed by atoms with van der Waals surface area (Å²) in [5.74, 6) is -3.70. The smallest absolute Gasteiger partial charge is 0.326 e. The number of fused-ring (bicyclic) bond motifs is 1. The number of benzene rings is 2. The molecule has 0 saturated carbocycles. The van der Waals surface area contributed by atoms with E-state index in [0.717, 1.165) is 16.0 Å². The number of halogens is 1. The third-order valence-corrected chi connectivity index (χ3v) is 5.92. The Kier molecular flexibility index (Phi) is 4.50. The Morgan fingerprint density at radius 3 is 2.28 bits per heavy atom. The quantitative estimate of drug-likeness (QED) is 0.637. The highest BCUT2D eigenvalue weighted by molar-refractivity contribution is 6.24. The fourth-order valence-electron chi connectivity index (χ4n) is 4.44. The zero-order valence-electron chi connectivity index (χ0n) is 16.3. The van der Waals surface area contributed by atoms with E-state index in [4.69, 9.17) is 4.74 Å². The lowest BCUT2D eigenvalue weighted by Gasteiger charge is -2.28. The van der Waals surface area contributed by atoms with Crippen molar-refractivity contribution in [2.24, 2.45) is 11.8 Å². The van der Waals surface area contributed by atoms with Gasteiger partial charge < -0.3 is 4.74 Å². The van der Waals surface area contributed by atoms with Crippen LogP contribution in [-0.2, 0) is 19.1 Å². The number of amides is 2. The summed E-state index contributed by atoms with van der Waals surface area (Å²) in [4.78, 5) is 40.4. The molecule has 0 radical (unpaired) electrons. The number of nitrogens with one attached hydrogen (secondary N) is 1. The summed E-state index contributed by atoms with van der Waals surface area (Å²) in [6.07, 6.45) is 0. The van der Waals surface area contributed by atoms with E-state index in [1.54, 1.807) is 6.92 Å². The van der Waals surface area contributed by atoms with Crippen LogP contribution in [0, 0.1) is 24.6 Å². The molecule has 7 heteroatoms. The fraction of sp³-hybridized carbons (Fsp3) is 0.318. The van der Waals surface area contributed by atoms with Gasteiger partial charge in [0.1, 0.15) is 11.4 Å². The van der Waals surface area contributed by atoms with Gasteiger partial charge in [0, 0.05) is 6.04 Å². The van der Waals surface area contributed by atoms with E-state index in [-0.39, 0.29) is 5.69 Å². The van der Waals surface area contributed by atoms with Crippen LogP contribution in [0.25, 0.3) is 0 Å². The van der Waals surface area contributed by atoms with Gasteiger partial charge in [-0.3, -0.25) is 19.7 Å². The molecule has 0 spiro atoms. The minimum Gasteiger partial charge on any atom is -0.468 e. The maximum absolute atomic E-state index is 13.4. The highest BCUT2D eigenvalue weighted by atomic mass is 19.1. The van der Waals surface area contributed by atoms with Crippen molar-refractivity contribution < 1.29 is 23.5 Å². The third-order valence-electron chi connectivity index (χ3n) is 5.92. The Balaban J connectivity index is 1.81. The van der Waals surface area contributed by atoms with Crippen molar-refractivity contribution in [2.75, 3.05) is 12.0 Å². The Hall–Kier alpha value is -3.06. The standard InChI is InChI=1S/C22H21FN2O4/c1-12-4-6-13(7-5-12)18-16-17(22(2,24-18)21(28)29-3)20(27)25(19(16)26)15-10-8-14(23)9-11-15/h4-11,16-18,24H,1-3H3/t16-,17+,18-,22+/m1/s1. The Labute approximate surface area is 167 Å². The minimum absolute atomic E-state index is 0.283. The van der Waals surface area contributed by atoms with E-state index in [1.807, 2.05) is 31.2 Å². The molecule has 2 fully saturated rings. The first-order valence-corrected chi connectivity index (χ1v) is 9.34. The first-order valence-electron chi connectivity index (χ1n) is 9.34. The molecular weight excluding hydrogens is 375 g/mol. The van der Waals surface area contributed by atoms with Crippen molar-refractivity contribution in [3.8, 4) is 0 Å². The molecule has 2 aliphatic rings. The number of methoxy groups -OCH3 is 1. The number of carbonyl (C=O) groups is 3. The number of imide groups is 1. The molecule has 2 saturated heterocycles. The van der Waals surface area contributed by atoms with Crippen molar-refractivity contribution in [1.82, 2.24) is 5.32 Å². The number of anilines is 1. The minimum atomic E-state index is -1.36. The van der Waals surface area contributed by atoms with Crippen LogP contribution in [0.1, 0.15) is 24.1 Å². The first-order chi connectivity index (χ1) is 13.8. The summed E-state index contributed by atoms with van der Waals surface area (Å²) in [5, 5.41) is 3.19. The van der Waals surface area contributed by atoms with Gasteiger partial charge in [0.05, 0.1) is 24.6 Å². The number of aryl methyl sites for hydroxylation is 1. The molecule has 4 rings (SSSR count). The summed E-state index contributed by atoms with van der Waals surface area (Å²) in [7, 11) is 1.25. The van der Waals surface area contributed by atoms with Gasteiger partial charge in [0.15, 0.2) is 0 Å². The fourth-order valence-corrected chi connectivity index (χ4v) is 4.44. The van der Waals surface area contributed by atoms with Crippen molar-refractivity contribution in [3.63, 3.8) is 0 Å². The molecule has 6 nitrogen and oxygen atoms in total. The van der Waals surface area contributed by atoms with E-state index in [9.17, 15) is 18.8 Å². The zero-order chi connectivity index (χ0) is 20.9. The maximum Gasteiger partial charge on any atom is 0.326 e. The van der Waals surface area contributed by atoms with Gasteiger partial charge in [-0.25, -0.2) is 9.29 Å².